The van der Waals surface area contributed by atoms with Gasteiger partial charge >= 0.3 is 6.09 Å². The molecule has 5 nitrogen and oxygen atoms in total. The number of hydrogen-bond donors (Lipinski definition) is 1. The van der Waals surface area contributed by atoms with Gasteiger partial charge in [0.15, 0.2) is 0 Å². The second kappa shape index (κ2) is 4.81. The Morgan fingerprint density at radius 2 is 2.54 bits per heavy atom. The molecule has 0 saturated carbocycles. The van der Waals surface area contributed by atoms with Gasteiger partial charge in [0.2, 0.25) is 0 Å². The topological polar surface area (TPSA) is 58.6 Å². The zero-order valence-corrected chi connectivity index (χ0v) is 7.66. The Kier molecular flexibility index (Phi) is 3.70. The molecule has 0 aromatic heterocycles. The first kappa shape index (κ1) is 9.98. The molecule has 1 amide bonds. The average Bonchev–Trinajstić information content (AvgIpc) is 2.53. The number of alkyl carbamates (subject to hydrolysis) is 1. The zero-order valence-electron chi connectivity index (χ0n) is 7.66. The summed E-state index contributed by atoms with van der Waals surface area (Å²) in [5.74, 6) is 0. The van der Waals surface area contributed by atoms with Crippen molar-refractivity contribution in [2.45, 2.75) is 12.5 Å². The van der Waals surface area contributed by atoms with Gasteiger partial charge in [-0.05, 0) is 6.42 Å². The van der Waals surface area contributed by atoms with Crippen molar-refractivity contribution in [3.63, 3.8) is 0 Å². The monoisotopic (exact) mass is 186 g/mol. The van der Waals surface area contributed by atoms with E-state index >= 15 is 0 Å². The van der Waals surface area contributed by atoms with Crippen LogP contribution in [0.25, 0.3) is 0 Å². The van der Waals surface area contributed by atoms with Gasteiger partial charge in [-0.3, -0.25) is 4.90 Å². The number of likely N-dealkylation sites (tertiary alicyclic amines) is 1. The summed E-state index contributed by atoms with van der Waals surface area (Å²) >= 11 is 0. The van der Waals surface area contributed by atoms with Gasteiger partial charge in [0.1, 0.15) is 6.29 Å². The number of methoxy groups -OCH3 is 1. The van der Waals surface area contributed by atoms with Gasteiger partial charge in [0.25, 0.3) is 0 Å². The molecule has 0 aliphatic carbocycles. The first-order valence-corrected chi connectivity index (χ1v) is 4.26. The van der Waals surface area contributed by atoms with Crippen molar-refractivity contribution >= 4 is 12.4 Å². The number of amides is 1. The van der Waals surface area contributed by atoms with Crippen LogP contribution in [0.4, 0.5) is 4.79 Å². The Balaban J connectivity index is 2.24. The van der Waals surface area contributed by atoms with Gasteiger partial charge in [0, 0.05) is 19.1 Å². The quantitative estimate of drug-likeness (QED) is 0.610. The van der Waals surface area contributed by atoms with E-state index in [2.05, 4.69) is 10.1 Å². The highest BCUT2D eigenvalue weighted by atomic mass is 16.5. The van der Waals surface area contributed by atoms with E-state index in [1.165, 1.54) is 7.11 Å². The first-order valence-electron chi connectivity index (χ1n) is 4.26. The lowest BCUT2D eigenvalue weighted by Gasteiger charge is -2.12. The molecule has 74 valence electrons. The van der Waals surface area contributed by atoms with Crippen molar-refractivity contribution in [1.29, 1.82) is 0 Å². The summed E-state index contributed by atoms with van der Waals surface area (Å²) in [6, 6.07) is 0.118. The minimum Gasteiger partial charge on any atom is -0.453 e. The predicted molar refractivity (Wildman–Crippen MR) is 46.4 cm³/mol. The number of carbonyl (C=O) groups excluding carboxylic acids is 2. The summed E-state index contributed by atoms with van der Waals surface area (Å²) in [5.41, 5.74) is 0. The van der Waals surface area contributed by atoms with Gasteiger partial charge in [-0.15, -0.1) is 0 Å². The van der Waals surface area contributed by atoms with Crippen LogP contribution in [0.5, 0.6) is 0 Å². The largest absolute Gasteiger partial charge is 0.453 e. The molecule has 1 aliphatic heterocycles. The maximum Gasteiger partial charge on any atom is 0.407 e. The summed E-state index contributed by atoms with van der Waals surface area (Å²) in [4.78, 5) is 23.0. The van der Waals surface area contributed by atoms with E-state index in [0.717, 1.165) is 25.8 Å². The third-order valence-corrected chi connectivity index (χ3v) is 2.11. The molecule has 1 atom stereocenters. The molecular weight excluding hydrogens is 172 g/mol. The van der Waals surface area contributed by atoms with Crippen molar-refractivity contribution < 1.29 is 14.3 Å². The number of hydrogen-bond acceptors (Lipinski definition) is 4. The number of ether oxygens (including phenoxy) is 1. The zero-order chi connectivity index (χ0) is 9.68. The number of rotatable bonds is 3. The van der Waals surface area contributed by atoms with Crippen LogP contribution in [-0.4, -0.2) is 50.1 Å². The van der Waals surface area contributed by atoms with E-state index in [9.17, 15) is 9.59 Å². The standard InChI is InChI=1S/C8H14N2O3/c1-13-8(12)9-7-2-3-10(6-7)4-5-11/h5,7H,2-4,6H2,1H3,(H,9,12). The highest BCUT2D eigenvalue weighted by molar-refractivity contribution is 5.67. The van der Waals surface area contributed by atoms with Gasteiger partial charge in [-0.2, -0.15) is 0 Å². The second-order valence-corrected chi connectivity index (χ2v) is 3.05. The van der Waals surface area contributed by atoms with E-state index in [0.29, 0.717) is 6.54 Å². The van der Waals surface area contributed by atoms with Crippen LogP contribution in [0.3, 0.4) is 0 Å². The van der Waals surface area contributed by atoms with E-state index in [-0.39, 0.29) is 6.04 Å². The normalized spacial score (nSPS) is 22.7. The Morgan fingerprint density at radius 3 is 3.15 bits per heavy atom. The van der Waals surface area contributed by atoms with Gasteiger partial charge in [-0.1, -0.05) is 0 Å². The molecule has 1 aliphatic rings. The number of nitrogens with zero attached hydrogens (tertiary/aromatic N) is 1. The molecule has 1 saturated heterocycles. The molecule has 1 fully saturated rings. The van der Waals surface area contributed by atoms with Crippen molar-refractivity contribution in [2.75, 3.05) is 26.7 Å². The summed E-state index contributed by atoms with van der Waals surface area (Å²) < 4.78 is 4.47. The fourth-order valence-corrected chi connectivity index (χ4v) is 1.45. The maximum atomic E-state index is 10.8. The van der Waals surface area contributed by atoms with Crippen LogP contribution >= 0.6 is 0 Å². The van der Waals surface area contributed by atoms with Gasteiger partial charge in [0.05, 0.1) is 13.7 Å². The maximum absolute atomic E-state index is 10.8. The van der Waals surface area contributed by atoms with E-state index in [4.69, 9.17) is 0 Å². The van der Waals surface area contributed by atoms with Crippen molar-refractivity contribution in [2.24, 2.45) is 0 Å². The van der Waals surface area contributed by atoms with E-state index in [1.54, 1.807) is 0 Å². The fourth-order valence-electron chi connectivity index (χ4n) is 1.45. The van der Waals surface area contributed by atoms with Crippen LogP contribution in [0, 0.1) is 0 Å². The summed E-state index contributed by atoms with van der Waals surface area (Å²) in [5, 5.41) is 2.70. The second-order valence-electron chi connectivity index (χ2n) is 3.05. The third kappa shape index (κ3) is 3.02. The summed E-state index contributed by atoms with van der Waals surface area (Å²) in [7, 11) is 1.34. The molecule has 1 N–H and O–H groups in total. The average molecular weight is 186 g/mol. The lowest BCUT2D eigenvalue weighted by Crippen LogP contribution is -2.37. The van der Waals surface area contributed by atoms with Crippen LogP contribution in [0.1, 0.15) is 6.42 Å². The van der Waals surface area contributed by atoms with Gasteiger partial charge < -0.3 is 14.8 Å². The molecule has 0 aromatic carbocycles. The lowest BCUT2D eigenvalue weighted by molar-refractivity contribution is -0.108. The Bertz CT molecular complexity index is 196. The molecule has 0 spiro atoms. The molecule has 0 radical (unpaired) electrons. The number of carbonyl (C=O) groups is 2. The molecule has 0 bridgehead atoms. The smallest absolute Gasteiger partial charge is 0.407 e. The molecule has 13 heavy (non-hydrogen) atoms. The molecule has 5 heteroatoms. The van der Waals surface area contributed by atoms with E-state index < -0.39 is 6.09 Å². The molecule has 1 rings (SSSR count). The fraction of sp³-hybridized carbons (Fsp3) is 0.750. The highest BCUT2D eigenvalue weighted by Crippen LogP contribution is 2.07. The molecule has 0 aromatic rings. The first-order chi connectivity index (χ1) is 6.26. The van der Waals surface area contributed by atoms with Crippen molar-refractivity contribution in [3.05, 3.63) is 0 Å². The SMILES string of the molecule is COC(=O)NC1CCN(CC=O)C1. The third-order valence-electron chi connectivity index (χ3n) is 2.11. The highest BCUT2D eigenvalue weighted by Gasteiger charge is 2.23. The van der Waals surface area contributed by atoms with Crippen LogP contribution < -0.4 is 5.32 Å². The Hall–Kier alpha value is -1.10. The Labute approximate surface area is 77.0 Å². The minimum absolute atomic E-state index is 0.118. The number of aldehydes is 1. The minimum atomic E-state index is -0.405. The lowest BCUT2D eigenvalue weighted by atomic mass is 10.3. The molecular formula is C8H14N2O3. The summed E-state index contributed by atoms with van der Waals surface area (Å²) in [6.45, 7) is 2.03. The van der Waals surface area contributed by atoms with Crippen LogP contribution in [0.15, 0.2) is 0 Å². The van der Waals surface area contributed by atoms with Crippen LogP contribution in [-0.2, 0) is 9.53 Å². The van der Waals surface area contributed by atoms with Crippen molar-refractivity contribution in [1.82, 2.24) is 10.2 Å². The van der Waals surface area contributed by atoms with Gasteiger partial charge in [-0.25, -0.2) is 4.79 Å². The van der Waals surface area contributed by atoms with Crippen molar-refractivity contribution in [3.8, 4) is 0 Å². The van der Waals surface area contributed by atoms with Crippen LogP contribution in [0.2, 0.25) is 0 Å². The molecule has 1 unspecified atom stereocenters. The van der Waals surface area contributed by atoms with E-state index in [1.807, 2.05) is 4.90 Å². The summed E-state index contributed by atoms with van der Waals surface area (Å²) in [6.07, 6.45) is 1.35. The Morgan fingerprint density at radius 1 is 1.77 bits per heavy atom. The number of nitrogens with one attached hydrogen (secondary N) is 1. The predicted octanol–water partition coefficient (Wildman–Crippen LogP) is -0.384. The molecule has 1 heterocycles.